The van der Waals surface area contributed by atoms with Crippen LogP contribution >= 0.6 is 0 Å². The lowest BCUT2D eigenvalue weighted by Crippen LogP contribution is -2.27. The quantitative estimate of drug-likeness (QED) is 0.864. The summed E-state index contributed by atoms with van der Waals surface area (Å²) in [5, 5.41) is 26.7. The number of ether oxygens (including phenoxy) is 1. The molecule has 0 fully saturated rings. The fourth-order valence-electron chi connectivity index (χ4n) is 1.99. The highest BCUT2D eigenvalue weighted by Crippen LogP contribution is 2.27. The van der Waals surface area contributed by atoms with E-state index in [1.165, 1.54) is 11.8 Å². The van der Waals surface area contributed by atoms with Gasteiger partial charge in [-0.2, -0.15) is 0 Å². The minimum Gasteiger partial charge on any atom is -0.497 e. The molecule has 0 bridgehead atoms. The predicted molar refractivity (Wildman–Crippen MR) is 75.3 cm³/mol. The molecule has 7 nitrogen and oxygen atoms in total. The Kier molecular flexibility index (Phi) is 3.95. The summed E-state index contributed by atoms with van der Waals surface area (Å²) in [6, 6.07) is 6.95. The van der Waals surface area contributed by atoms with Gasteiger partial charge in [-0.3, -0.25) is 0 Å². The lowest BCUT2D eigenvalue weighted by atomic mass is 10.1. The van der Waals surface area contributed by atoms with E-state index in [9.17, 15) is 15.0 Å². The van der Waals surface area contributed by atoms with Crippen molar-refractivity contribution >= 4 is 5.97 Å². The molecule has 0 aliphatic rings. The second-order valence-electron chi connectivity index (χ2n) is 5.29. The number of carboxylic acid groups (broad SMARTS) is 1. The van der Waals surface area contributed by atoms with E-state index in [1.54, 1.807) is 38.1 Å². The molecule has 0 saturated carbocycles. The molecule has 0 amide bonds. The van der Waals surface area contributed by atoms with Crippen LogP contribution in [0, 0.1) is 0 Å². The van der Waals surface area contributed by atoms with Gasteiger partial charge in [-0.15, -0.1) is 5.10 Å². The maximum Gasteiger partial charge on any atom is 0.358 e. The van der Waals surface area contributed by atoms with Crippen LogP contribution in [0.5, 0.6) is 5.75 Å². The third kappa shape index (κ3) is 3.38. The van der Waals surface area contributed by atoms with Crippen molar-refractivity contribution in [2.75, 3.05) is 7.11 Å². The molecule has 1 aromatic heterocycles. The molecule has 2 aromatic rings. The first kappa shape index (κ1) is 15.0. The van der Waals surface area contributed by atoms with Crippen molar-refractivity contribution in [2.45, 2.75) is 26.0 Å². The van der Waals surface area contributed by atoms with Crippen LogP contribution in [0.15, 0.2) is 24.3 Å². The number of rotatable bonds is 5. The van der Waals surface area contributed by atoms with E-state index < -0.39 is 11.6 Å². The van der Waals surface area contributed by atoms with Gasteiger partial charge in [0.05, 0.1) is 19.3 Å². The summed E-state index contributed by atoms with van der Waals surface area (Å²) >= 11 is 0. The Balaban J connectivity index is 2.57. The largest absolute Gasteiger partial charge is 0.497 e. The molecule has 0 atom stereocenters. The van der Waals surface area contributed by atoms with E-state index in [4.69, 9.17) is 4.74 Å². The number of aromatic nitrogens is 3. The summed E-state index contributed by atoms with van der Waals surface area (Å²) in [7, 11) is 1.53. The van der Waals surface area contributed by atoms with Crippen LogP contribution in [-0.2, 0) is 6.54 Å². The third-order valence-corrected chi connectivity index (χ3v) is 2.82. The van der Waals surface area contributed by atoms with Crippen molar-refractivity contribution in [1.82, 2.24) is 15.0 Å². The van der Waals surface area contributed by atoms with Gasteiger partial charge in [0.15, 0.2) is 5.69 Å². The van der Waals surface area contributed by atoms with Crippen LogP contribution in [0.4, 0.5) is 0 Å². The number of hydrogen-bond donors (Lipinski definition) is 2. The summed E-state index contributed by atoms with van der Waals surface area (Å²) in [6.07, 6.45) is 0. The van der Waals surface area contributed by atoms with Gasteiger partial charge in [0.25, 0.3) is 0 Å². The van der Waals surface area contributed by atoms with Crippen LogP contribution in [0.25, 0.3) is 11.3 Å². The molecule has 0 spiro atoms. The fraction of sp³-hybridized carbons (Fsp3) is 0.357. The second-order valence-corrected chi connectivity index (χ2v) is 5.29. The minimum atomic E-state index is -1.17. The number of carboxylic acids is 1. The molecule has 7 heteroatoms. The molecule has 0 aliphatic carbocycles. The summed E-state index contributed by atoms with van der Waals surface area (Å²) in [4.78, 5) is 11.3. The molecule has 1 heterocycles. The third-order valence-electron chi connectivity index (χ3n) is 2.82. The Morgan fingerprint density at radius 1 is 1.43 bits per heavy atom. The zero-order valence-electron chi connectivity index (χ0n) is 12.1. The maximum atomic E-state index is 11.3. The molecule has 2 N–H and O–H groups in total. The normalized spacial score (nSPS) is 11.4. The van der Waals surface area contributed by atoms with Crippen LogP contribution < -0.4 is 4.74 Å². The number of nitrogens with zero attached hydrogens (tertiary/aromatic N) is 3. The number of benzene rings is 1. The van der Waals surface area contributed by atoms with Crippen LogP contribution in [0.3, 0.4) is 0 Å². The molecular weight excluding hydrogens is 274 g/mol. The summed E-state index contributed by atoms with van der Waals surface area (Å²) in [6.45, 7) is 3.36. The highest BCUT2D eigenvalue weighted by Gasteiger charge is 2.24. The van der Waals surface area contributed by atoms with Crippen LogP contribution in [0.1, 0.15) is 24.3 Å². The van der Waals surface area contributed by atoms with Gasteiger partial charge < -0.3 is 14.9 Å². The zero-order valence-corrected chi connectivity index (χ0v) is 12.1. The smallest absolute Gasteiger partial charge is 0.358 e. The molecule has 112 valence electrons. The highest BCUT2D eigenvalue weighted by molar-refractivity contribution is 5.92. The average Bonchev–Trinajstić information content (AvgIpc) is 2.80. The molecule has 0 unspecified atom stereocenters. The van der Waals surface area contributed by atoms with E-state index in [0.29, 0.717) is 17.0 Å². The Labute approximate surface area is 121 Å². The van der Waals surface area contributed by atoms with E-state index in [1.807, 2.05) is 0 Å². The second kappa shape index (κ2) is 5.53. The summed E-state index contributed by atoms with van der Waals surface area (Å²) in [5.74, 6) is -0.574. The van der Waals surface area contributed by atoms with E-state index >= 15 is 0 Å². The number of aromatic carboxylic acids is 1. The molecule has 0 aliphatic heterocycles. The number of hydrogen-bond acceptors (Lipinski definition) is 5. The van der Waals surface area contributed by atoms with Crippen molar-refractivity contribution in [1.29, 1.82) is 0 Å². The number of methoxy groups -OCH3 is 1. The standard InChI is InChI=1S/C14H17N3O4/c1-14(2,20)8-17-12(11(13(18)19)15-16-17)9-5-4-6-10(7-9)21-3/h4-7,20H,8H2,1-3H3,(H,18,19). The van der Waals surface area contributed by atoms with Crippen molar-refractivity contribution in [3.05, 3.63) is 30.0 Å². The number of carbonyl (C=O) groups is 1. The van der Waals surface area contributed by atoms with Gasteiger partial charge in [0, 0.05) is 5.56 Å². The van der Waals surface area contributed by atoms with E-state index in [0.717, 1.165) is 0 Å². The van der Waals surface area contributed by atoms with Crippen molar-refractivity contribution in [3.63, 3.8) is 0 Å². The van der Waals surface area contributed by atoms with Gasteiger partial charge in [-0.1, -0.05) is 17.3 Å². The molecule has 0 radical (unpaired) electrons. The van der Waals surface area contributed by atoms with E-state index in [2.05, 4.69) is 10.3 Å². The molecule has 21 heavy (non-hydrogen) atoms. The first-order valence-electron chi connectivity index (χ1n) is 6.35. The number of aliphatic hydroxyl groups is 1. The summed E-state index contributed by atoms with van der Waals surface area (Å²) in [5.41, 5.74) is -0.256. The Morgan fingerprint density at radius 3 is 2.71 bits per heavy atom. The highest BCUT2D eigenvalue weighted by atomic mass is 16.5. The molecule has 2 rings (SSSR count). The van der Waals surface area contributed by atoms with Crippen molar-refractivity contribution < 1.29 is 19.7 Å². The molecular formula is C14H17N3O4. The first-order valence-corrected chi connectivity index (χ1v) is 6.35. The lowest BCUT2D eigenvalue weighted by molar-refractivity contribution is 0.0575. The topological polar surface area (TPSA) is 97.5 Å². The van der Waals surface area contributed by atoms with Gasteiger partial charge in [0.2, 0.25) is 0 Å². The lowest BCUT2D eigenvalue weighted by Gasteiger charge is -2.18. The molecule has 1 aromatic carbocycles. The Hall–Kier alpha value is -2.41. The average molecular weight is 291 g/mol. The van der Waals surface area contributed by atoms with Gasteiger partial charge in [-0.05, 0) is 26.0 Å². The van der Waals surface area contributed by atoms with Crippen LogP contribution in [0.2, 0.25) is 0 Å². The SMILES string of the molecule is COc1cccc(-c2c(C(=O)O)nnn2CC(C)(C)O)c1. The first-order chi connectivity index (χ1) is 9.81. The Morgan fingerprint density at radius 2 is 2.14 bits per heavy atom. The fourth-order valence-corrected chi connectivity index (χ4v) is 1.99. The molecule has 0 saturated heterocycles. The maximum absolute atomic E-state index is 11.3. The minimum absolute atomic E-state index is 0.125. The van der Waals surface area contributed by atoms with E-state index in [-0.39, 0.29) is 12.2 Å². The van der Waals surface area contributed by atoms with Crippen LogP contribution in [-0.4, -0.2) is 43.9 Å². The van der Waals surface area contributed by atoms with Gasteiger partial charge >= 0.3 is 5.97 Å². The van der Waals surface area contributed by atoms with Gasteiger partial charge in [-0.25, -0.2) is 9.48 Å². The summed E-state index contributed by atoms with van der Waals surface area (Å²) < 4.78 is 6.53. The van der Waals surface area contributed by atoms with Crippen molar-refractivity contribution in [2.24, 2.45) is 0 Å². The predicted octanol–water partition coefficient (Wildman–Crippen LogP) is 1.42. The Bertz CT molecular complexity index is 658. The van der Waals surface area contributed by atoms with Gasteiger partial charge in [0.1, 0.15) is 11.4 Å². The monoisotopic (exact) mass is 291 g/mol. The van der Waals surface area contributed by atoms with Crippen molar-refractivity contribution in [3.8, 4) is 17.0 Å². The zero-order chi connectivity index (χ0) is 15.6.